The van der Waals surface area contributed by atoms with Crippen LogP contribution < -0.4 is 5.32 Å². The number of guanidine groups is 1. The second-order valence-corrected chi connectivity index (χ2v) is 8.57. The van der Waals surface area contributed by atoms with Crippen molar-refractivity contribution in [2.75, 3.05) is 32.7 Å². The Labute approximate surface area is 158 Å². The van der Waals surface area contributed by atoms with Gasteiger partial charge in [-0.3, -0.25) is 4.90 Å². The van der Waals surface area contributed by atoms with E-state index in [1.165, 1.54) is 9.75 Å². The molecule has 1 fully saturated rings. The lowest BCUT2D eigenvalue weighted by atomic mass is 10.3. The van der Waals surface area contributed by atoms with E-state index in [1.54, 1.807) is 11.3 Å². The molecule has 3 rings (SSSR count). The summed E-state index contributed by atoms with van der Waals surface area (Å²) in [6.07, 6.45) is 0. The normalized spacial score (nSPS) is 16.4. The lowest BCUT2D eigenvalue weighted by molar-refractivity contribution is 0.173. The Hall–Kier alpha value is -1.44. The average molecular weight is 378 g/mol. The fourth-order valence-electron chi connectivity index (χ4n) is 3.03. The fraction of sp³-hybridized carbons (Fsp3) is 0.556. The van der Waals surface area contributed by atoms with Crippen molar-refractivity contribution < 1.29 is 0 Å². The van der Waals surface area contributed by atoms with E-state index in [1.807, 2.05) is 11.3 Å². The molecule has 5 nitrogen and oxygen atoms in total. The van der Waals surface area contributed by atoms with Crippen LogP contribution in [0.2, 0.25) is 0 Å². The summed E-state index contributed by atoms with van der Waals surface area (Å²) in [7, 11) is 0. The van der Waals surface area contributed by atoms with Crippen LogP contribution in [0.15, 0.2) is 22.5 Å². The van der Waals surface area contributed by atoms with E-state index < -0.39 is 0 Å². The van der Waals surface area contributed by atoms with Gasteiger partial charge in [-0.15, -0.1) is 22.7 Å². The second-order valence-electron chi connectivity index (χ2n) is 6.25. The molecule has 1 aliphatic heterocycles. The van der Waals surface area contributed by atoms with Gasteiger partial charge in [0.2, 0.25) is 0 Å². The summed E-state index contributed by atoms with van der Waals surface area (Å²) in [4.78, 5) is 17.0. The Morgan fingerprint density at radius 1 is 1.28 bits per heavy atom. The molecule has 0 bridgehead atoms. The highest BCUT2D eigenvalue weighted by Gasteiger charge is 2.20. The Balaban J connectivity index is 1.57. The quantitative estimate of drug-likeness (QED) is 0.642. The summed E-state index contributed by atoms with van der Waals surface area (Å²) in [6, 6.07) is 4.36. The topological polar surface area (TPSA) is 43.8 Å². The standard InChI is InChI=1S/C18H27N5S2/c1-4-19-18(20-12-17-14(2)21-15(3)25-17)23-9-7-22(8-10-23)13-16-6-5-11-24-16/h5-6,11H,4,7-10,12-13H2,1-3H3,(H,19,20). The minimum Gasteiger partial charge on any atom is -0.357 e. The zero-order chi connectivity index (χ0) is 17.6. The number of hydrogen-bond donors (Lipinski definition) is 1. The van der Waals surface area contributed by atoms with Crippen molar-refractivity contribution in [1.29, 1.82) is 0 Å². The smallest absolute Gasteiger partial charge is 0.194 e. The molecule has 7 heteroatoms. The summed E-state index contributed by atoms with van der Waals surface area (Å²) in [5.41, 5.74) is 1.11. The molecule has 0 aromatic carbocycles. The van der Waals surface area contributed by atoms with Gasteiger partial charge in [0, 0.05) is 49.0 Å². The maximum absolute atomic E-state index is 4.87. The minimum atomic E-state index is 0.717. The zero-order valence-corrected chi connectivity index (χ0v) is 16.9. The van der Waals surface area contributed by atoms with Gasteiger partial charge in [0.1, 0.15) is 0 Å². The number of nitrogens with zero attached hydrogens (tertiary/aromatic N) is 4. The molecular weight excluding hydrogens is 350 g/mol. The van der Waals surface area contributed by atoms with Crippen LogP contribution in [0.1, 0.15) is 27.4 Å². The van der Waals surface area contributed by atoms with Crippen molar-refractivity contribution in [3.63, 3.8) is 0 Å². The van der Waals surface area contributed by atoms with Crippen LogP contribution in [0.25, 0.3) is 0 Å². The van der Waals surface area contributed by atoms with E-state index in [0.29, 0.717) is 0 Å². The Kier molecular flexibility index (Phi) is 6.45. The van der Waals surface area contributed by atoms with E-state index in [4.69, 9.17) is 4.99 Å². The molecule has 0 unspecified atom stereocenters. The highest BCUT2D eigenvalue weighted by atomic mass is 32.1. The number of thiophene rings is 1. The monoisotopic (exact) mass is 377 g/mol. The first-order valence-corrected chi connectivity index (χ1v) is 10.6. The molecule has 0 saturated carbocycles. The molecule has 2 aromatic heterocycles. The first-order chi connectivity index (χ1) is 12.2. The first-order valence-electron chi connectivity index (χ1n) is 8.86. The van der Waals surface area contributed by atoms with Gasteiger partial charge in [-0.25, -0.2) is 9.98 Å². The van der Waals surface area contributed by atoms with Crippen LogP contribution in [0.4, 0.5) is 0 Å². The van der Waals surface area contributed by atoms with Crippen molar-refractivity contribution in [3.8, 4) is 0 Å². The van der Waals surface area contributed by atoms with Gasteiger partial charge in [0.05, 0.1) is 17.2 Å². The van der Waals surface area contributed by atoms with Crippen LogP contribution >= 0.6 is 22.7 Å². The molecule has 2 aromatic rings. The molecule has 136 valence electrons. The van der Waals surface area contributed by atoms with Crippen molar-refractivity contribution in [2.24, 2.45) is 4.99 Å². The van der Waals surface area contributed by atoms with E-state index in [2.05, 4.69) is 58.4 Å². The van der Waals surface area contributed by atoms with Gasteiger partial charge in [-0.1, -0.05) is 6.07 Å². The van der Waals surface area contributed by atoms with Gasteiger partial charge >= 0.3 is 0 Å². The molecule has 0 amide bonds. The third-order valence-corrected chi connectivity index (χ3v) is 6.26. The molecule has 0 radical (unpaired) electrons. The highest BCUT2D eigenvalue weighted by Crippen LogP contribution is 2.18. The lowest BCUT2D eigenvalue weighted by Crippen LogP contribution is -2.52. The molecule has 1 N–H and O–H groups in total. The van der Waals surface area contributed by atoms with Crippen molar-refractivity contribution >= 4 is 28.6 Å². The Bertz CT molecular complexity index is 684. The average Bonchev–Trinajstić information content (AvgIpc) is 3.22. The number of thiazole rings is 1. The van der Waals surface area contributed by atoms with Crippen LogP contribution in [0.5, 0.6) is 0 Å². The van der Waals surface area contributed by atoms with Crippen LogP contribution in [-0.2, 0) is 13.1 Å². The third-order valence-electron chi connectivity index (χ3n) is 4.34. The summed E-state index contributed by atoms with van der Waals surface area (Å²) < 4.78 is 0. The SMILES string of the molecule is CCNC(=NCc1sc(C)nc1C)N1CCN(Cc2cccs2)CC1. The van der Waals surface area contributed by atoms with E-state index in [-0.39, 0.29) is 0 Å². The summed E-state index contributed by atoms with van der Waals surface area (Å²) in [5.74, 6) is 1.03. The molecule has 0 spiro atoms. The maximum atomic E-state index is 4.87. The van der Waals surface area contributed by atoms with Crippen LogP contribution in [0.3, 0.4) is 0 Å². The van der Waals surface area contributed by atoms with Crippen molar-refractivity contribution in [3.05, 3.63) is 38.0 Å². The zero-order valence-electron chi connectivity index (χ0n) is 15.3. The van der Waals surface area contributed by atoms with Gasteiger partial charge in [-0.2, -0.15) is 0 Å². The number of nitrogens with one attached hydrogen (secondary N) is 1. The van der Waals surface area contributed by atoms with Gasteiger partial charge < -0.3 is 10.2 Å². The Morgan fingerprint density at radius 3 is 2.68 bits per heavy atom. The number of aromatic nitrogens is 1. The minimum absolute atomic E-state index is 0.717. The summed E-state index contributed by atoms with van der Waals surface area (Å²) >= 11 is 3.60. The summed E-state index contributed by atoms with van der Waals surface area (Å²) in [6.45, 7) is 13.2. The van der Waals surface area contributed by atoms with Crippen molar-refractivity contribution in [1.82, 2.24) is 20.1 Å². The first kappa shape index (κ1) is 18.4. The Morgan fingerprint density at radius 2 is 2.08 bits per heavy atom. The van der Waals surface area contributed by atoms with E-state index >= 15 is 0 Å². The number of aryl methyl sites for hydroxylation is 2. The van der Waals surface area contributed by atoms with E-state index in [0.717, 1.165) is 62.5 Å². The number of aliphatic imine (C=N–C) groups is 1. The molecule has 0 aliphatic carbocycles. The summed E-state index contributed by atoms with van der Waals surface area (Å²) in [5, 5.41) is 6.73. The van der Waals surface area contributed by atoms with Crippen LogP contribution in [-0.4, -0.2) is 53.5 Å². The molecule has 3 heterocycles. The maximum Gasteiger partial charge on any atom is 0.194 e. The molecule has 1 saturated heterocycles. The van der Waals surface area contributed by atoms with Gasteiger partial charge in [0.25, 0.3) is 0 Å². The molecular formula is C18H27N5S2. The predicted octanol–water partition coefficient (Wildman–Crippen LogP) is 3.10. The fourth-order valence-corrected chi connectivity index (χ4v) is 4.64. The number of hydrogen-bond acceptors (Lipinski definition) is 5. The van der Waals surface area contributed by atoms with Gasteiger partial charge in [-0.05, 0) is 32.2 Å². The van der Waals surface area contributed by atoms with E-state index in [9.17, 15) is 0 Å². The second kappa shape index (κ2) is 8.78. The largest absolute Gasteiger partial charge is 0.357 e. The third kappa shape index (κ3) is 5.03. The van der Waals surface area contributed by atoms with Crippen molar-refractivity contribution in [2.45, 2.75) is 33.9 Å². The molecule has 0 atom stereocenters. The van der Waals surface area contributed by atoms with Gasteiger partial charge in [0.15, 0.2) is 5.96 Å². The number of rotatable bonds is 5. The predicted molar refractivity (Wildman–Crippen MR) is 108 cm³/mol. The molecule has 1 aliphatic rings. The highest BCUT2D eigenvalue weighted by molar-refractivity contribution is 7.11. The van der Waals surface area contributed by atoms with Crippen LogP contribution in [0, 0.1) is 13.8 Å². The number of piperazine rings is 1. The lowest BCUT2D eigenvalue weighted by Gasteiger charge is -2.36. The molecule has 25 heavy (non-hydrogen) atoms.